The van der Waals surface area contributed by atoms with Gasteiger partial charge in [-0.3, -0.25) is 14.9 Å². The van der Waals surface area contributed by atoms with E-state index in [1.54, 1.807) is 18.2 Å². The Kier molecular flexibility index (Phi) is 4.33. The highest BCUT2D eigenvalue weighted by Crippen LogP contribution is 2.37. The summed E-state index contributed by atoms with van der Waals surface area (Å²) >= 11 is 5.90. The Balaban J connectivity index is 1.96. The van der Waals surface area contributed by atoms with E-state index in [9.17, 15) is 20.0 Å². The van der Waals surface area contributed by atoms with E-state index >= 15 is 0 Å². The van der Waals surface area contributed by atoms with Crippen LogP contribution in [0, 0.1) is 10.1 Å². The molecule has 28 heavy (non-hydrogen) atoms. The fourth-order valence-electron chi connectivity index (χ4n) is 3.18. The number of hydrogen-bond donors (Lipinski definition) is 2. The molecule has 3 aromatic carbocycles. The van der Waals surface area contributed by atoms with Crippen LogP contribution in [0.2, 0.25) is 5.02 Å². The van der Waals surface area contributed by atoms with E-state index in [2.05, 4.69) is 4.98 Å². The van der Waals surface area contributed by atoms with Crippen molar-refractivity contribution in [3.05, 3.63) is 92.2 Å². The first kappa shape index (κ1) is 17.8. The maximum atomic E-state index is 12.6. The lowest BCUT2D eigenvalue weighted by molar-refractivity contribution is -0.384. The Morgan fingerprint density at radius 1 is 0.929 bits per heavy atom. The van der Waals surface area contributed by atoms with Gasteiger partial charge in [-0.1, -0.05) is 60.1 Å². The van der Waals surface area contributed by atoms with Gasteiger partial charge < -0.3 is 10.1 Å². The third kappa shape index (κ3) is 3.00. The standard InChI is InChI=1S/C21H13ClN2O4/c22-16-11-17-15(10-18(16)24(27)28)20(25)19(21(26)23-17)14-8-4-7-13(9-14)12-5-2-1-3-6-12/h1-11H,(H2,23,25,26). The normalized spacial score (nSPS) is 10.9. The van der Waals surface area contributed by atoms with E-state index in [1.165, 1.54) is 6.07 Å². The van der Waals surface area contributed by atoms with Gasteiger partial charge in [0.05, 0.1) is 16.0 Å². The predicted octanol–water partition coefficient (Wildman–Crippen LogP) is 5.13. The molecule has 4 aromatic rings. The van der Waals surface area contributed by atoms with Crippen LogP contribution in [-0.2, 0) is 0 Å². The molecule has 0 aliphatic heterocycles. The Hall–Kier alpha value is -3.64. The molecule has 1 heterocycles. The number of aromatic amines is 1. The summed E-state index contributed by atoms with van der Waals surface area (Å²) in [7, 11) is 0. The maximum Gasteiger partial charge on any atom is 0.288 e. The second-order valence-corrected chi connectivity index (χ2v) is 6.64. The number of fused-ring (bicyclic) bond motifs is 1. The molecular formula is C21H13ClN2O4. The highest BCUT2D eigenvalue weighted by Gasteiger charge is 2.20. The van der Waals surface area contributed by atoms with Crippen LogP contribution in [-0.4, -0.2) is 15.0 Å². The van der Waals surface area contributed by atoms with Crippen LogP contribution in [0.5, 0.6) is 5.75 Å². The number of H-pyrrole nitrogens is 1. The fraction of sp³-hybridized carbons (Fsp3) is 0. The number of halogens is 1. The Bertz CT molecular complexity index is 1280. The Labute approximate surface area is 163 Å². The minimum absolute atomic E-state index is 0.0434. The predicted molar refractivity (Wildman–Crippen MR) is 109 cm³/mol. The molecular weight excluding hydrogens is 380 g/mol. The zero-order valence-corrected chi connectivity index (χ0v) is 15.1. The molecule has 138 valence electrons. The molecule has 2 N–H and O–H groups in total. The molecule has 0 amide bonds. The highest BCUT2D eigenvalue weighted by atomic mass is 35.5. The average molecular weight is 393 g/mol. The van der Waals surface area contributed by atoms with Crippen molar-refractivity contribution in [2.24, 2.45) is 0 Å². The van der Waals surface area contributed by atoms with Crippen molar-refractivity contribution >= 4 is 28.2 Å². The largest absolute Gasteiger partial charge is 0.506 e. The van der Waals surface area contributed by atoms with Crippen molar-refractivity contribution in [3.63, 3.8) is 0 Å². The highest BCUT2D eigenvalue weighted by molar-refractivity contribution is 6.33. The number of nitrogens with one attached hydrogen (secondary N) is 1. The molecule has 6 nitrogen and oxygen atoms in total. The van der Waals surface area contributed by atoms with Crippen LogP contribution in [0.4, 0.5) is 5.69 Å². The maximum absolute atomic E-state index is 12.6. The number of pyridine rings is 1. The third-order valence-corrected chi connectivity index (χ3v) is 4.81. The van der Waals surface area contributed by atoms with Crippen molar-refractivity contribution in [1.82, 2.24) is 4.98 Å². The summed E-state index contributed by atoms with van der Waals surface area (Å²) in [6.07, 6.45) is 0. The summed E-state index contributed by atoms with van der Waals surface area (Å²) in [5.41, 5.74) is 1.74. The second kappa shape index (κ2) is 6.83. The van der Waals surface area contributed by atoms with Crippen LogP contribution >= 0.6 is 11.6 Å². The monoisotopic (exact) mass is 392 g/mol. The summed E-state index contributed by atoms with van der Waals surface area (Å²) in [5.74, 6) is -0.330. The summed E-state index contributed by atoms with van der Waals surface area (Å²) in [4.78, 5) is 25.8. The van der Waals surface area contributed by atoms with Gasteiger partial charge in [-0.2, -0.15) is 0 Å². The number of nitrogens with zero attached hydrogens (tertiary/aromatic N) is 1. The van der Waals surface area contributed by atoms with Crippen molar-refractivity contribution in [2.75, 3.05) is 0 Å². The van der Waals surface area contributed by atoms with Gasteiger partial charge in [0.1, 0.15) is 10.8 Å². The van der Waals surface area contributed by atoms with Gasteiger partial charge in [-0.05, 0) is 28.8 Å². The van der Waals surface area contributed by atoms with Gasteiger partial charge in [-0.25, -0.2) is 0 Å². The zero-order chi connectivity index (χ0) is 19.8. The van der Waals surface area contributed by atoms with E-state index in [-0.39, 0.29) is 32.9 Å². The molecule has 7 heteroatoms. The molecule has 0 aliphatic rings. The average Bonchev–Trinajstić information content (AvgIpc) is 2.68. The number of nitro benzene ring substituents is 1. The lowest BCUT2D eigenvalue weighted by Gasteiger charge is -2.10. The van der Waals surface area contributed by atoms with Crippen LogP contribution < -0.4 is 5.56 Å². The molecule has 0 atom stereocenters. The lowest BCUT2D eigenvalue weighted by atomic mass is 9.98. The minimum atomic E-state index is -0.637. The van der Waals surface area contributed by atoms with Crippen molar-refractivity contribution in [1.29, 1.82) is 0 Å². The van der Waals surface area contributed by atoms with E-state index in [0.717, 1.165) is 17.2 Å². The number of rotatable bonds is 3. The molecule has 0 saturated heterocycles. The van der Waals surface area contributed by atoms with Crippen LogP contribution in [0.25, 0.3) is 33.2 Å². The Morgan fingerprint density at radius 2 is 1.61 bits per heavy atom. The summed E-state index contributed by atoms with van der Waals surface area (Å²) in [6, 6.07) is 19.2. The first-order chi connectivity index (χ1) is 13.5. The number of benzene rings is 3. The summed E-state index contributed by atoms with van der Waals surface area (Å²) in [5, 5.41) is 22.0. The molecule has 0 aliphatic carbocycles. The lowest BCUT2D eigenvalue weighted by Crippen LogP contribution is -2.09. The fourth-order valence-corrected chi connectivity index (χ4v) is 3.41. The molecule has 0 fully saturated rings. The van der Waals surface area contributed by atoms with Gasteiger partial charge in [0.25, 0.3) is 11.2 Å². The van der Waals surface area contributed by atoms with Crippen LogP contribution in [0.1, 0.15) is 0 Å². The van der Waals surface area contributed by atoms with Crippen LogP contribution in [0.15, 0.2) is 71.5 Å². The van der Waals surface area contributed by atoms with E-state index in [4.69, 9.17) is 11.6 Å². The van der Waals surface area contributed by atoms with Gasteiger partial charge in [0.2, 0.25) is 0 Å². The second-order valence-electron chi connectivity index (χ2n) is 6.23. The van der Waals surface area contributed by atoms with Crippen molar-refractivity contribution in [2.45, 2.75) is 0 Å². The Morgan fingerprint density at radius 3 is 2.32 bits per heavy atom. The molecule has 0 unspecified atom stereocenters. The smallest absolute Gasteiger partial charge is 0.288 e. The van der Waals surface area contributed by atoms with Crippen molar-refractivity contribution < 1.29 is 10.0 Å². The molecule has 4 rings (SSSR count). The van der Waals surface area contributed by atoms with E-state index in [1.807, 2.05) is 36.4 Å². The number of hydrogen-bond acceptors (Lipinski definition) is 4. The van der Waals surface area contributed by atoms with Gasteiger partial charge >= 0.3 is 0 Å². The summed E-state index contributed by atoms with van der Waals surface area (Å²) < 4.78 is 0. The van der Waals surface area contributed by atoms with Crippen molar-refractivity contribution in [3.8, 4) is 28.0 Å². The molecule has 0 bridgehead atoms. The topological polar surface area (TPSA) is 96.2 Å². The SMILES string of the molecule is O=c1[nH]c2cc(Cl)c([N+](=O)[O-])cc2c(O)c1-c1cccc(-c2ccccc2)c1. The number of aromatic nitrogens is 1. The zero-order valence-electron chi connectivity index (χ0n) is 14.3. The molecule has 0 saturated carbocycles. The molecule has 0 spiro atoms. The summed E-state index contributed by atoms with van der Waals surface area (Å²) in [6.45, 7) is 0. The molecule has 1 aromatic heterocycles. The van der Waals surface area contributed by atoms with Crippen LogP contribution in [0.3, 0.4) is 0 Å². The third-order valence-electron chi connectivity index (χ3n) is 4.51. The number of nitro groups is 1. The van der Waals surface area contributed by atoms with Gasteiger partial charge in [0, 0.05) is 11.5 Å². The quantitative estimate of drug-likeness (QED) is 0.373. The van der Waals surface area contributed by atoms with E-state index in [0.29, 0.717) is 5.56 Å². The van der Waals surface area contributed by atoms with E-state index < -0.39 is 10.5 Å². The van der Waals surface area contributed by atoms with Gasteiger partial charge in [0.15, 0.2) is 0 Å². The first-order valence-corrected chi connectivity index (χ1v) is 8.72. The molecule has 0 radical (unpaired) electrons. The number of aromatic hydroxyl groups is 1. The minimum Gasteiger partial charge on any atom is -0.506 e. The first-order valence-electron chi connectivity index (χ1n) is 8.34. The van der Waals surface area contributed by atoms with Gasteiger partial charge in [-0.15, -0.1) is 0 Å².